The molecule has 1 aliphatic heterocycles. The molecule has 14 heteroatoms. The molecule has 176 valence electrons. The van der Waals surface area contributed by atoms with Crippen LogP contribution in [-0.2, 0) is 18.4 Å². The van der Waals surface area contributed by atoms with Crippen molar-refractivity contribution in [1.29, 1.82) is 0 Å². The van der Waals surface area contributed by atoms with Crippen molar-refractivity contribution in [3.63, 3.8) is 0 Å². The van der Waals surface area contributed by atoms with E-state index in [1.54, 1.807) is 20.2 Å². The lowest BCUT2D eigenvalue weighted by molar-refractivity contribution is -0.119. The minimum absolute atomic E-state index is 0.0613. The lowest BCUT2D eigenvalue weighted by Gasteiger charge is -2.28. The van der Waals surface area contributed by atoms with Gasteiger partial charge in [0.15, 0.2) is 17.3 Å². The van der Waals surface area contributed by atoms with Crippen molar-refractivity contribution in [3.05, 3.63) is 29.7 Å². The van der Waals surface area contributed by atoms with Gasteiger partial charge in [0.05, 0.1) is 17.9 Å². The van der Waals surface area contributed by atoms with Gasteiger partial charge in [-0.1, -0.05) is 0 Å². The number of hydrogen-bond donors (Lipinski definition) is 3. The van der Waals surface area contributed by atoms with Crippen LogP contribution in [-0.4, -0.2) is 61.9 Å². The van der Waals surface area contributed by atoms with Gasteiger partial charge in [-0.25, -0.2) is 13.8 Å². The van der Waals surface area contributed by atoms with Crippen LogP contribution in [0.4, 0.5) is 31.8 Å². The number of rotatable bonds is 5. The van der Waals surface area contributed by atoms with Gasteiger partial charge in [-0.3, -0.25) is 9.59 Å². The highest BCUT2D eigenvalue weighted by atomic mass is 19.3. The number of carbonyl (C=O) groups is 2. The molecule has 3 N–H and O–H groups in total. The number of nitrogens with zero attached hydrogens (tertiary/aromatic N) is 7. The van der Waals surface area contributed by atoms with Crippen LogP contribution in [0.15, 0.2) is 18.3 Å². The second-order valence-electron chi connectivity index (χ2n) is 7.97. The SMILES string of the molecule is [2H]C([2H])([2H])NC(=O)c1nnc(NC(=O)[C@H]2CC2(F)F)cc1Nc1nccc2c1N(C)Cc1nn(C)nc1-2. The van der Waals surface area contributed by atoms with E-state index in [2.05, 4.69) is 36.0 Å². The molecule has 12 nitrogen and oxygen atoms in total. The highest BCUT2D eigenvalue weighted by molar-refractivity contribution is 6.00. The van der Waals surface area contributed by atoms with Gasteiger partial charge >= 0.3 is 0 Å². The average molecular weight is 473 g/mol. The van der Waals surface area contributed by atoms with E-state index in [4.69, 9.17) is 4.11 Å². The highest BCUT2D eigenvalue weighted by Crippen LogP contribution is 2.49. The minimum atomic E-state index is -3.09. The van der Waals surface area contributed by atoms with Crippen LogP contribution in [0.2, 0.25) is 0 Å². The van der Waals surface area contributed by atoms with Crippen LogP contribution in [0.1, 0.15) is 26.7 Å². The summed E-state index contributed by atoms with van der Waals surface area (Å²) < 4.78 is 48.6. The summed E-state index contributed by atoms with van der Waals surface area (Å²) in [6.45, 7) is -2.40. The van der Waals surface area contributed by atoms with E-state index in [1.807, 2.05) is 10.2 Å². The fourth-order valence-corrected chi connectivity index (χ4v) is 3.80. The lowest BCUT2D eigenvalue weighted by Crippen LogP contribution is -2.25. The van der Waals surface area contributed by atoms with Crippen LogP contribution in [0.5, 0.6) is 0 Å². The zero-order valence-electron chi connectivity index (χ0n) is 20.9. The van der Waals surface area contributed by atoms with E-state index in [0.717, 1.165) is 5.69 Å². The Morgan fingerprint density at radius 2 is 2.06 bits per heavy atom. The number of fused-ring (bicyclic) bond motifs is 3. The second kappa shape index (κ2) is 7.67. The van der Waals surface area contributed by atoms with E-state index >= 15 is 0 Å². The Morgan fingerprint density at radius 1 is 1.26 bits per heavy atom. The minimum Gasteiger partial charge on any atom is -0.365 e. The molecular formula is C20H20F2N10O2. The van der Waals surface area contributed by atoms with Crippen molar-refractivity contribution in [2.45, 2.75) is 18.9 Å². The summed E-state index contributed by atoms with van der Waals surface area (Å²) in [5, 5.41) is 23.3. The summed E-state index contributed by atoms with van der Waals surface area (Å²) in [5.74, 6) is -6.55. The molecule has 0 spiro atoms. The molecule has 34 heavy (non-hydrogen) atoms. The zero-order chi connectivity index (χ0) is 26.7. The van der Waals surface area contributed by atoms with Crippen molar-refractivity contribution in [2.75, 3.05) is 29.6 Å². The van der Waals surface area contributed by atoms with E-state index in [1.165, 1.54) is 17.1 Å². The van der Waals surface area contributed by atoms with Crippen LogP contribution in [0, 0.1) is 5.92 Å². The molecule has 3 aromatic heterocycles. The molecule has 1 fully saturated rings. The third-order valence-corrected chi connectivity index (χ3v) is 5.50. The number of pyridine rings is 1. The van der Waals surface area contributed by atoms with Crippen molar-refractivity contribution < 1.29 is 22.5 Å². The summed E-state index contributed by atoms with van der Waals surface area (Å²) >= 11 is 0. The second-order valence-corrected chi connectivity index (χ2v) is 7.97. The molecule has 1 atom stereocenters. The van der Waals surface area contributed by atoms with Crippen molar-refractivity contribution in [1.82, 2.24) is 35.5 Å². The van der Waals surface area contributed by atoms with Crippen LogP contribution >= 0.6 is 0 Å². The average Bonchev–Trinajstić information content (AvgIpc) is 3.26. The van der Waals surface area contributed by atoms with Crippen molar-refractivity contribution in [2.24, 2.45) is 13.0 Å². The zero-order valence-corrected chi connectivity index (χ0v) is 17.9. The van der Waals surface area contributed by atoms with Gasteiger partial charge in [-0.2, -0.15) is 15.0 Å². The Labute approximate surface area is 196 Å². The third kappa shape index (κ3) is 3.66. The number of carbonyl (C=O) groups excluding carboxylic acids is 2. The van der Waals surface area contributed by atoms with Crippen LogP contribution < -0.4 is 20.9 Å². The summed E-state index contributed by atoms with van der Waals surface area (Å²) in [5.41, 5.74) is 2.23. The molecule has 1 aliphatic carbocycles. The Kier molecular flexibility index (Phi) is 4.11. The molecule has 0 unspecified atom stereocenters. The maximum absolute atomic E-state index is 13.3. The summed E-state index contributed by atoms with van der Waals surface area (Å²) in [6, 6.07) is 2.94. The van der Waals surface area contributed by atoms with Crippen molar-refractivity contribution >= 4 is 34.8 Å². The van der Waals surface area contributed by atoms with E-state index in [0.29, 0.717) is 23.5 Å². The summed E-state index contributed by atoms with van der Waals surface area (Å²) in [7, 11) is 3.50. The smallest absolute Gasteiger partial charge is 0.273 e. The molecule has 0 radical (unpaired) electrons. The number of hydrogen-bond acceptors (Lipinski definition) is 9. The van der Waals surface area contributed by atoms with Crippen LogP contribution in [0.3, 0.4) is 0 Å². The Morgan fingerprint density at radius 3 is 2.79 bits per heavy atom. The van der Waals surface area contributed by atoms with Gasteiger partial charge in [0.1, 0.15) is 17.3 Å². The first-order valence-electron chi connectivity index (χ1n) is 11.6. The molecule has 2 aliphatic rings. The quantitative estimate of drug-likeness (QED) is 0.500. The largest absolute Gasteiger partial charge is 0.365 e. The third-order valence-electron chi connectivity index (χ3n) is 5.50. The number of aromatic nitrogens is 6. The molecule has 4 heterocycles. The molecule has 0 saturated heterocycles. The molecule has 1 saturated carbocycles. The topological polar surface area (TPSA) is 143 Å². The van der Waals surface area contributed by atoms with Gasteiger partial charge in [0.2, 0.25) is 5.91 Å². The van der Waals surface area contributed by atoms with Crippen LogP contribution in [0.25, 0.3) is 11.3 Å². The standard InChI is InChI=1S/C20H20F2N10O2/c1-23-19(34)15-11(6-13(27-28-15)26-18(33)10-7-20(10,21)22)25-17-16-9(4-5-24-17)14-12(8-31(16)2)29-32(3)30-14/h4-6,10H,7-8H2,1-3H3,(H,23,34)(H2,24,25,26,27,33)/t10-/m1/s1/i1D3. The van der Waals surface area contributed by atoms with Gasteiger partial charge in [-0.15, -0.1) is 10.2 Å². The number of aryl methyl sites for hydroxylation is 1. The number of alkyl halides is 2. The van der Waals surface area contributed by atoms with Gasteiger partial charge in [-0.05, 0) is 6.07 Å². The maximum Gasteiger partial charge on any atom is 0.273 e. The summed E-state index contributed by atoms with van der Waals surface area (Å²) in [6.07, 6.45) is 0.931. The molecule has 0 aromatic carbocycles. The van der Waals surface area contributed by atoms with E-state index < -0.39 is 42.7 Å². The first-order valence-corrected chi connectivity index (χ1v) is 10.1. The molecular weight excluding hydrogens is 450 g/mol. The number of nitrogens with one attached hydrogen (secondary N) is 3. The Bertz CT molecular complexity index is 1430. The fraction of sp³-hybridized carbons (Fsp3) is 0.350. The number of amides is 2. The number of halogens is 2. The van der Waals surface area contributed by atoms with Crippen molar-refractivity contribution in [3.8, 4) is 11.3 Å². The Balaban J connectivity index is 1.53. The molecule has 3 aromatic rings. The number of anilines is 4. The van der Waals surface area contributed by atoms with Gasteiger partial charge in [0, 0.05) is 49.4 Å². The first kappa shape index (κ1) is 18.2. The monoisotopic (exact) mass is 473 g/mol. The predicted octanol–water partition coefficient (Wildman–Crippen LogP) is 1.31. The van der Waals surface area contributed by atoms with Gasteiger partial charge in [0.25, 0.3) is 11.8 Å². The highest BCUT2D eigenvalue weighted by Gasteiger charge is 2.61. The summed E-state index contributed by atoms with van der Waals surface area (Å²) in [4.78, 5) is 32.5. The first-order chi connectivity index (χ1) is 17.3. The predicted molar refractivity (Wildman–Crippen MR) is 117 cm³/mol. The molecule has 0 bridgehead atoms. The maximum atomic E-state index is 13.3. The normalized spacial score (nSPS) is 19.1. The van der Waals surface area contributed by atoms with Gasteiger partial charge < -0.3 is 20.9 Å². The fourth-order valence-electron chi connectivity index (χ4n) is 3.80. The molecule has 2 amide bonds. The Hall–Kier alpha value is -4.23. The lowest BCUT2D eigenvalue weighted by atomic mass is 10.0. The molecule has 5 rings (SSSR count). The van der Waals surface area contributed by atoms with E-state index in [9.17, 15) is 18.4 Å². The van der Waals surface area contributed by atoms with E-state index in [-0.39, 0.29) is 17.3 Å².